The topological polar surface area (TPSA) is 41.6 Å². The van der Waals surface area contributed by atoms with Gasteiger partial charge in [-0.1, -0.05) is 29.8 Å². The highest BCUT2D eigenvalue weighted by Crippen LogP contribution is 2.62. The Labute approximate surface area is 156 Å². The van der Waals surface area contributed by atoms with E-state index >= 15 is 0 Å². The first-order valence-electron chi connectivity index (χ1n) is 10.3. The summed E-state index contributed by atoms with van der Waals surface area (Å²) in [5, 5.41) is 3.53. The molecule has 2 atom stereocenters. The van der Waals surface area contributed by atoms with Crippen molar-refractivity contribution in [2.24, 2.45) is 11.8 Å². The molecule has 0 spiro atoms. The zero-order valence-electron chi connectivity index (χ0n) is 15.8. The molecular formula is C22H30N2O2. The first-order chi connectivity index (χ1) is 12.6. The molecular weight excluding hydrogens is 324 g/mol. The summed E-state index contributed by atoms with van der Waals surface area (Å²) in [6, 6.07) is 9.34. The molecule has 4 saturated carbocycles. The molecule has 1 N–H and O–H groups in total. The number of ether oxygens (including phenoxy) is 1. The molecule has 1 saturated heterocycles. The first kappa shape index (κ1) is 16.6. The van der Waals surface area contributed by atoms with E-state index in [0.717, 1.165) is 31.3 Å². The summed E-state index contributed by atoms with van der Waals surface area (Å²) in [6.07, 6.45) is 7.44. The van der Waals surface area contributed by atoms with E-state index in [-0.39, 0.29) is 17.0 Å². The van der Waals surface area contributed by atoms with Crippen LogP contribution < -0.4 is 5.32 Å². The van der Waals surface area contributed by atoms with Gasteiger partial charge in [-0.2, -0.15) is 0 Å². The van der Waals surface area contributed by atoms with Gasteiger partial charge < -0.3 is 15.0 Å². The number of carbonyl (C=O) groups excluding carboxylic acids is 1. The average Bonchev–Trinajstić information content (AvgIpc) is 2.61. The van der Waals surface area contributed by atoms with Crippen LogP contribution in [0.1, 0.15) is 49.7 Å². The van der Waals surface area contributed by atoms with E-state index in [1.807, 2.05) is 4.90 Å². The maximum atomic E-state index is 12.9. The number of benzene rings is 1. The number of amides is 2. The van der Waals surface area contributed by atoms with E-state index in [4.69, 9.17) is 4.74 Å². The van der Waals surface area contributed by atoms with E-state index in [9.17, 15) is 4.79 Å². The highest BCUT2D eigenvalue weighted by molar-refractivity contribution is 5.75. The van der Waals surface area contributed by atoms with Gasteiger partial charge in [0.05, 0.1) is 13.2 Å². The average molecular weight is 354 g/mol. The largest absolute Gasteiger partial charge is 0.378 e. The van der Waals surface area contributed by atoms with Crippen molar-refractivity contribution in [2.45, 2.75) is 56.4 Å². The zero-order chi connectivity index (χ0) is 17.8. The lowest BCUT2D eigenvalue weighted by molar-refractivity contribution is -0.0384. The zero-order valence-corrected chi connectivity index (χ0v) is 15.8. The Morgan fingerprint density at radius 1 is 1.08 bits per heavy atom. The number of aryl methyl sites for hydroxylation is 1. The van der Waals surface area contributed by atoms with Gasteiger partial charge in [0, 0.05) is 18.6 Å². The number of nitrogens with zero attached hydrogens (tertiary/aromatic N) is 1. The highest BCUT2D eigenvalue weighted by atomic mass is 16.5. The Morgan fingerprint density at radius 2 is 1.73 bits per heavy atom. The highest BCUT2D eigenvalue weighted by Gasteiger charge is 2.58. The van der Waals surface area contributed by atoms with Crippen molar-refractivity contribution >= 4 is 6.03 Å². The van der Waals surface area contributed by atoms with Crippen molar-refractivity contribution in [1.29, 1.82) is 0 Å². The molecule has 26 heavy (non-hydrogen) atoms. The number of nitrogens with one attached hydrogen (secondary N) is 1. The minimum atomic E-state index is 0.00432. The maximum Gasteiger partial charge on any atom is 0.317 e. The van der Waals surface area contributed by atoms with Gasteiger partial charge in [-0.25, -0.2) is 4.79 Å². The van der Waals surface area contributed by atoms with Gasteiger partial charge in [0.1, 0.15) is 0 Å². The summed E-state index contributed by atoms with van der Waals surface area (Å²) >= 11 is 0. The van der Waals surface area contributed by atoms with Crippen LogP contribution in [-0.2, 0) is 10.2 Å². The maximum absolute atomic E-state index is 12.9. The van der Waals surface area contributed by atoms with Crippen LogP contribution in [0.2, 0.25) is 0 Å². The van der Waals surface area contributed by atoms with Crippen LogP contribution in [0.5, 0.6) is 0 Å². The molecule has 2 unspecified atom stereocenters. The third-order valence-corrected chi connectivity index (χ3v) is 7.40. The van der Waals surface area contributed by atoms with Gasteiger partial charge in [0.25, 0.3) is 0 Å². The molecule has 4 bridgehead atoms. The normalized spacial score (nSPS) is 38.4. The van der Waals surface area contributed by atoms with Gasteiger partial charge in [-0.3, -0.25) is 0 Å². The summed E-state index contributed by atoms with van der Waals surface area (Å²) < 4.78 is 5.41. The SMILES string of the molecule is Cc1ccc(C23CC4CC(CC(NC(=O)N5CCOCC5)(C4)C2)C3)cc1. The smallest absolute Gasteiger partial charge is 0.317 e. The van der Waals surface area contributed by atoms with E-state index in [2.05, 4.69) is 36.5 Å². The van der Waals surface area contributed by atoms with Crippen molar-refractivity contribution in [3.05, 3.63) is 35.4 Å². The summed E-state index contributed by atoms with van der Waals surface area (Å²) in [7, 11) is 0. The Morgan fingerprint density at radius 3 is 2.38 bits per heavy atom. The van der Waals surface area contributed by atoms with Crippen molar-refractivity contribution in [2.75, 3.05) is 26.3 Å². The fraction of sp³-hybridized carbons (Fsp3) is 0.682. The molecule has 0 aromatic heterocycles. The third-order valence-electron chi connectivity index (χ3n) is 7.40. The molecule has 4 aliphatic carbocycles. The first-order valence-corrected chi connectivity index (χ1v) is 10.3. The Kier molecular flexibility index (Phi) is 3.82. The molecule has 4 heteroatoms. The summed E-state index contributed by atoms with van der Waals surface area (Å²) in [6.45, 7) is 4.93. The molecule has 1 aromatic rings. The second-order valence-corrected chi connectivity index (χ2v) is 9.42. The van der Waals surface area contributed by atoms with Crippen molar-refractivity contribution in [3.8, 4) is 0 Å². The van der Waals surface area contributed by atoms with E-state index in [1.165, 1.54) is 43.2 Å². The fourth-order valence-electron chi connectivity index (χ4n) is 6.73. The Bertz CT molecular complexity index is 679. The molecule has 1 aliphatic heterocycles. The second kappa shape index (κ2) is 5.98. The molecule has 5 fully saturated rings. The monoisotopic (exact) mass is 354 g/mol. The van der Waals surface area contributed by atoms with Gasteiger partial charge in [0.15, 0.2) is 0 Å². The second-order valence-electron chi connectivity index (χ2n) is 9.42. The van der Waals surface area contributed by atoms with Crippen LogP contribution in [0.4, 0.5) is 4.79 Å². The summed E-state index contributed by atoms with van der Waals surface area (Å²) in [5.41, 5.74) is 3.11. The van der Waals surface area contributed by atoms with Crippen LogP contribution in [0, 0.1) is 18.8 Å². The Balaban J connectivity index is 1.41. The number of urea groups is 1. The number of rotatable bonds is 2. The lowest BCUT2D eigenvalue weighted by atomic mass is 9.45. The van der Waals surface area contributed by atoms with Crippen LogP contribution in [0.15, 0.2) is 24.3 Å². The van der Waals surface area contributed by atoms with Crippen molar-refractivity contribution in [3.63, 3.8) is 0 Å². The van der Waals surface area contributed by atoms with Crippen LogP contribution >= 0.6 is 0 Å². The van der Waals surface area contributed by atoms with Gasteiger partial charge >= 0.3 is 6.03 Å². The van der Waals surface area contributed by atoms with Gasteiger partial charge in [-0.15, -0.1) is 0 Å². The number of carbonyl (C=O) groups is 1. The molecule has 140 valence electrons. The van der Waals surface area contributed by atoms with Crippen LogP contribution in [0.25, 0.3) is 0 Å². The van der Waals surface area contributed by atoms with Crippen LogP contribution in [0.3, 0.4) is 0 Å². The van der Waals surface area contributed by atoms with Gasteiger partial charge in [0.2, 0.25) is 0 Å². The van der Waals surface area contributed by atoms with Crippen molar-refractivity contribution < 1.29 is 9.53 Å². The molecule has 0 radical (unpaired) electrons. The molecule has 4 nitrogen and oxygen atoms in total. The molecule has 5 aliphatic rings. The lowest BCUT2D eigenvalue weighted by Gasteiger charge is -2.62. The predicted octanol–water partition coefficient (Wildman–Crippen LogP) is 3.63. The van der Waals surface area contributed by atoms with E-state index in [0.29, 0.717) is 13.2 Å². The van der Waals surface area contributed by atoms with E-state index < -0.39 is 0 Å². The summed E-state index contributed by atoms with van der Waals surface area (Å²) in [4.78, 5) is 14.9. The van der Waals surface area contributed by atoms with Crippen molar-refractivity contribution in [1.82, 2.24) is 10.2 Å². The quantitative estimate of drug-likeness (QED) is 0.881. The molecule has 1 heterocycles. The van der Waals surface area contributed by atoms with E-state index in [1.54, 1.807) is 0 Å². The minimum Gasteiger partial charge on any atom is -0.378 e. The van der Waals surface area contributed by atoms with Crippen LogP contribution in [-0.4, -0.2) is 42.8 Å². The molecule has 2 amide bonds. The molecule has 1 aromatic carbocycles. The minimum absolute atomic E-state index is 0.00432. The third kappa shape index (κ3) is 2.74. The standard InChI is InChI=1S/C22H30N2O2/c1-16-2-4-19(5-3-16)21-11-17-10-18(12-21)14-22(13-17,15-21)23-20(25)24-6-8-26-9-7-24/h2-5,17-18H,6-15H2,1H3,(H,23,25). The van der Waals surface area contributed by atoms with Gasteiger partial charge in [-0.05, 0) is 68.3 Å². The fourth-order valence-corrected chi connectivity index (χ4v) is 6.73. The number of morpholine rings is 1. The molecule has 6 rings (SSSR count). The number of hydrogen-bond acceptors (Lipinski definition) is 2. The Hall–Kier alpha value is -1.55. The lowest BCUT2D eigenvalue weighted by Crippen LogP contribution is -2.66. The predicted molar refractivity (Wildman–Crippen MR) is 101 cm³/mol. The summed E-state index contributed by atoms with van der Waals surface area (Å²) in [5.74, 6) is 1.53. The number of hydrogen-bond donors (Lipinski definition) is 1.